The number of nitrogens with one attached hydrogen (secondary N) is 1. The van der Waals surface area contributed by atoms with E-state index in [1.807, 2.05) is 0 Å². The van der Waals surface area contributed by atoms with Crippen molar-refractivity contribution in [2.24, 2.45) is 29.1 Å². The molecular formula is C19H31NO. The Hall–Kier alpha value is -0.530. The largest absolute Gasteiger partial charge is 0.353 e. The number of carbonyl (C=O) groups is 1. The van der Waals surface area contributed by atoms with Crippen molar-refractivity contribution in [3.63, 3.8) is 0 Å². The Labute approximate surface area is 129 Å². The van der Waals surface area contributed by atoms with Crippen molar-refractivity contribution < 1.29 is 4.79 Å². The third-order valence-corrected chi connectivity index (χ3v) is 7.34. The third kappa shape index (κ3) is 2.53. The fourth-order valence-corrected chi connectivity index (χ4v) is 6.56. The normalized spacial score (nSPS) is 43.8. The predicted octanol–water partition coefficient (Wildman–Crippen LogP) is 4.29. The molecule has 0 aromatic rings. The molecule has 5 aliphatic rings. The summed E-state index contributed by atoms with van der Waals surface area (Å²) in [6.45, 7) is 2.31. The summed E-state index contributed by atoms with van der Waals surface area (Å²) in [5.74, 6) is 3.62. The summed E-state index contributed by atoms with van der Waals surface area (Å²) in [5.41, 5.74) is 0.457. The Balaban J connectivity index is 1.42. The summed E-state index contributed by atoms with van der Waals surface area (Å²) in [6.07, 6.45) is 14.7. The minimum atomic E-state index is 0.315. The SMILES string of the molecule is C[C@H](NC(=O)C1CCCCC1)C12CC3CC(CC(C3)C1)C2. The molecular weight excluding hydrogens is 258 g/mol. The second kappa shape index (κ2) is 5.28. The zero-order valence-corrected chi connectivity index (χ0v) is 13.6. The summed E-state index contributed by atoms with van der Waals surface area (Å²) < 4.78 is 0. The van der Waals surface area contributed by atoms with E-state index >= 15 is 0 Å². The lowest BCUT2D eigenvalue weighted by Crippen LogP contribution is -2.56. The van der Waals surface area contributed by atoms with Gasteiger partial charge in [-0.15, -0.1) is 0 Å². The van der Waals surface area contributed by atoms with Gasteiger partial charge in [0.15, 0.2) is 0 Å². The van der Waals surface area contributed by atoms with Gasteiger partial charge in [0.05, 0.1) is 0 Å². The van der Waals surface area contributed by atoms with Crippen molar-refractivity contribution in [3.05, 3.63) is 0 Å². The smallest absolute Gasteiger partial charge is 0.223 e. The van der Waals surface area contributed by atoms with E-state index in [0.29, 0.717) is 23.3 Å². The van der Waals surface area contributed by atoms with E-state index in [2.05, 4.69) is 12.2 Å². The fourth-order valence-electron chi connectivity index (χ4n) is 6.56. The van der Waals surface area contributed by atoms with E-state index in [4.69, 9.17) is 0 Å². The van der Waals surface area contributed by atoms with Crippen LogP contribution in [0, 0.1) is 29.1 Å². The molecule has 2 nitrogen and oxygen atoms in total. The average Bonchev–Trinajstić information content (AvgIpc) is 2.46. The Morgan fingerprint density at radius 3 is 2.00 bits per heavy atom. The van der Waals surface area contributed by atoms with Gasteiger partial charge < -0.3 is 5.32 Å². The third-order valence-electron chi connectivity index (χ3n) is 7.34. The molecule has 0 heterocycles. The van der Waals surface area contributed by atoms with Gasteiger partial charge in [-0.1, -0.05) is 19.3 Å². The van der Waals surface area contributed by atoms with Gasteiger partial charge in [-0.2, -0.15) is 0 Å². The van der Waals surface area contributed by atoms with Crippen molar-refractivity contribution in [1.82, 2.24) is 5.32 Å². The van der Waals surface area contributed by atoms with Crippen LogP contribution in [0.4, 0.5) is 0 Å². The van der Waals surface area contributed by atoms with Gasteiger partial charge in [-0.25, -0.2) is 0 Å². The van der Waals surface area contributed by atoms with Gasteiger partial charge in [0, 0.05) is 12.0 Å². The van der Waals surface area contributed by atoms with E-state index in [9.17, 15) is 4.79 Å². The fraction of sp³-hybridized carbons (Fsp3) is 0.947. The summed E-state index contributed by atoms with van der Waals surface area (Å²) >= 11 is 0. The highest BCUT2D eigenvalue weighted by Crippen LogP contribution is 2.61. The molecule has 5 saturated carbocycles. The average molecular weight is 289 g/mol. The Bertz CT molecular complexity index is 375. The second-order valence-corrected chi connectivity index (χ2v) is 8.85. The molecule has 118 valence electrons. The minimum Gasteiger partial charge on any atom is -0.353 e. The molecule has 2 heteroatoms. The van der Waals surface area contributed by atoms with Gasteiger partial charge in [0.2, 0.25) is 5.91 Å². The Morgan fingerprint density at radius 2 is 1.48 bits per heavy atom. The molecule has 0 aromatic carbocycles. The van der Waals surface area contributed by atoms with Gasteiger partial charge in [0.25, 0.3) is 0 Å². The van der Waals surface area contributed by atoms with Crippen LogP contribution in [0.1, 0.15) is 77.6 Å². The molecule has 0 radical (unpaired) electrons. The molecule has 1 N–H and O–H groups in total. The zero-order chi connectivity index (χ0) is 14.4. The Morgan fingerprint density at radius 1 is 0.952 bits per heavy atom. The monoisotopic (exact) mass is 289 g/mol. The molecule has 5 rings (SSSR count). The van der Waals surface area contributed by atoms with Crippen LogP contribution in [0.15, 0.2) is 0 Å². The Kier molecular flexibility index (Phi) is 3.54. The number of rotatable bonds is 3. The first-order chi connectivity index (χ1) is 10.1. The predicted molar refractivity (Wildman–Crippen MR) is 84.8 cm³/mol. The molecule has 5 aliphatic carbocycles. The molecule has 0 saturated heterocycles. The lowest BCUT2D eigenvalue weighted by Gasteiger charge is -2.59. The first kappa shape index (κ1) is 14.1. The maximum Gasteiger partial charge on any atom is 0.223 e. The quantitative estimate of drug-likeness (QED) is 0.825. The van der Waals surface area contributed by atoms with E-state index in [-0.39, 0.29) is 0 Å². The molecule has 21 heavy (non-hydrogen) atoms. The molecule has 0 aliphatic heterocycles. The molecule has 0 aromatic heterocycles. The van der Waals surface area contributed by atoms with Gasteiger partial charge >= 0.3 is 0 Å². The van der Waals surface area contributed by atoms with Crippen LogP contribution in [0.25, 0.3) is 0 Å². The van der Waals surface area contributed by atoms with Crippen LogP contribution in [0.3, 0.4) is 0 Å². The van der Waals surface area contributed by atoms with Crippen molar-refractivity contribution in [2.45, 2.75) is 83.6 Å². The first-order valence-corrected chi connectivity index (χ1v) is 9.45. The van der Waals surface area contributed by atoms with Gasteiger partial charge in [0.1, 0.15) is 0 Å². The first-order valence-electron chi connectivity index (χ1n) is 9.45. The van der Waals surface area contributed by atoms with E-state index in [1.165, 1.54) is 57.8 Å². The summed E-state index contributed by atoms with van der Waals surface area (Å²) in [5, 5.41) is 3.47. The second-order valence-electron chi connectivity index (χ2n) is 8.85. The molecule has 1 atom stereocenters. The molecule has 4 bridgehead atoms. The van der Waals surface area contributed by atoms with E-state index in [1.54, 1.807) is 0 Å². The maximum atomic E-state index is 12.6. The number of hydrogen-bond donors (Lipinski definition) is 1. The van der Waals surface area contributed by atoms with Crippen LogP contribution in [0.2, 0.25) is 0 Å². The molecule has 1 amide bonds. The van der Waals surface area contributed by atoms with Gasteiger partial charge in [-0.3, -0.25) is 4.79 Å². The summed E-state index contributed by atoms with van der Waals surface area (Å²) in [4.78, 5) is 12.6. The minimum absolute atomic E-state index is 0.315. The van der Waals surface area contributed by atoms with Gasteiger partial charge in [-0.05, 0) is 81.5 Å². The summed E-state index contributed by atoms with van der Waals surface area (Å²) in [6, 6.07) is 0.403. The van der Waals surface area contributed by atoms with Crippen molar-refractivity contribution in [1.29, 1.82) is 0 Å². The maximum absolute atomic E-state index is 12.6. The lowest BCUT2D eigenvalue weighted by molar-refractivity contribution is -0.130. The highest BCUT2D eigenvalue weighted by Gasteiger charge is 2.53. The van der Waals surface area contributed by atoms with Crippen molar-refractivity contribution in [2.75, 3.05) is 0 Å². The number of amides is 1. The van der Waals surface area contributed by atoms with E-state index in [0.717, 1.165) is 30.6 Å². The summed E-state index contributed by atoms with van der Waals surface area (Å²) in [7, 11) is 0. The lowest BCUT2D eigenvalue weighted by atomic mass is 9.48. The van der Waals surface area contributed by atoms with Crippen LogP contribution in [0.5, 0.6) is 0 Å². The van der Waals surface area contributed by atoms with Crippen molar-refractivity contribution >= 4 is 5.91 Å². The van der Waals surface area contributed by atoms with Crippen LogP contribution in [-0.2, 0) is 4.79 Å². The highest BCUT2D eigenvalue weighted by atomic mass is 16.1. The van der Waals surface area contributed by atoms with Crippen LogP contribution in [-0.4, -0.2) is 11.9 Å². The standard InChI is InChI=1S/C19H31NO/c1-13(20-18(21)17-5-3-2-4-6-17)19-10-14-7-15(11-19)9-16(8-14)12-19/h13-17H,2-12H2,1H3,(H,20,21)/t13-,14?,15?,16?,19?/m0/s1. The molecule has 0 spiro atoms. The topological polar surface area (TPSA) is 29.1 Å². The van der Waals surface area contributed by atoms with E-state index < -0.39 is 0 Å². The molecule has 5 fully saturated rings. The number of carbonyl (C=O) groups excluding carboxylic acids is 1. The number of hydrogen-bond acceptors (Lipinski definition) is 1. The highest BCUT2D eigenvalue weighted by molar-refractivity contribution is 5.79. The van der Waals surface area contributed by atoms with Crippen LogP contribution < -0.4 is 5.32 Å². The molecule has 0 unspecified atom stereocenters. The van der Waals surface area contributed by atoms with Crippen LogP contribution >= 0.6 is 0 Å². The van der Waals surface area contributed by atoms with Crippen molar-refractivity contribution in [3.8, 4) is 0 Å². The zero-order valence-electron chi connectivity index (χ0n) is 13.6.